The van der Waals surface area contributed by atoms with Crippen molar-refractivity contribution in [2.75, 3.05) is 11.5 Å². The first-order chi connectivity index (χ1) is 6.91. The molecule has 1 aliphatic carbocycles. The smallest absolute Gasteiger partial charge is 0 e. The zero-order chi connectivity index (χ0) is 11.7. The second-order valence-electron chi connectivity index (χ2n) is 1.74. The molecule has 0 atom stereocenters. The van der Waals surface area contributed by atoms with Gasteiger partial charge in [0.15, 0.2) is 0 Å². The summed E-state index contributed by atoms with van der Waals surface area (Å²) in [6.07, 6.45) is 10.0. The van der Waals surface area contributed by atoms with E-state index >= 15 is 0 Å². The minimum atomic E-state index is 0. The molecule has 6 radical (unpaired) electrons. The Bertz CT molecular complexity index is 96.0. The first-order valence-corrected chi connectivity index (χ1v) is 5.22. The fourth-order valence-electron chi connectivity index (χ4n) is 0.525. The summed E-state index contributed by atoms with van der Waals surface area (Å²) in [5.74, 6) is 2.52. The second kappa shape index (κ2) is 36.7. The molecule has 1 rings (SSSR count). The van der Waals surface area contributed by atoms with Gasteiger partial charge in [0.25, 0.3) is 0 Å². The van der Waals surface area contributed by atoms with Gasteiger partial charge in [0.05, 0.1) is 0 Å². The van der Waals surface area contributed by atoms with Crippen molar-refractivity contribution in [3.05, 3.63) is 45.4 Å². The largest absolute Gasteiger partial charge is 0.0312 e. The molecule has 2 nitrogen and oxygen atoms in total. The summed E-state index contributed by atoms with van der Waals surface area (Å²) in [7, 11) is 0. The van der Waals surface area contributed by atoms with Gasteiger partial charge in [-0.15, -0.1) is 0 Å². The van der Waals surface area contributed by atoms with Crippen molar-refractivity contribution in [2.24, 2.45) is 0 Å². The van der Waals surface area contributed by atoms with E-state index in [-0.39, 0.29) is 17.1 Å². The maximum atomic E-state index is 7.50. The van der Waals surface area contributed by atoms with E-state index in [0.29, 0.717) is 0 Å². The average Bonchev–Trinajstić information content (AvgIpc) is 2.83. The van der Waals surface area contributed by atoms with E-state index < -0.39 is 0 Å². The zero-order valence-corrected chi connectivity index (χ0v) is 10.9. The molecule has 0 N–H and O–H groups in total. The zero-order valence-electron chi connectivity index (χ0n) is 8.90. The third-order valence-corrected chi connectivity index (χ3v) is 1.78. The van der Waals surface area contributed by atoms with Crippen LogP contribution in [-0.4, -0.2) is 11.5 Å². The van der Waals surface area contributed by atoms with Crippen LogP contribution >= 0.6 is 11.8 Å². The second-order valence-corrected chi connectivity index (χ2v) is 3.31. The summed E-state index contributed by atoms with van der Waals surface area (Å²) < 4.78 is 15.0. The summed E-state index contributed by atoms with van der Waals surface area (Å²) in [6.45, 7) is 13.3. The minimum Gasteiger partial charge on any atom is -0.0312 e. The van der Waals surface area contributed by atoms with Crippen LogP contribution in [0.25, 0.3) is 0 Å². The Labute approximate surface area is 109 Å². The molecule has 0 aliphatic heterocycles. The van der Waals surface area contributed by atoms with Gasteiger partial charge in [-0.05, 0) is 43.6 Å². The van der Waals surface area contributed by atoms with E-state index in [1.54, 1.807) is 0 Å². The molecule has 0 amide bonds. The van der Waals surface area contributed by atoms with Crippen molar-refractivity contribution in [2.45, 2.75) is 13.8 Å². The van der Waals surface area contributed by atoms with Crippen molar-refractivity contribution in [3.8, 4) is 0 Å². The molecule has 0 aromatic carbocycles. The molecule has 0 saturated heterocycles. The van der Waals surface area contributed by atoms with E-state index in [2.05, 4.69) is 27.1 Å². The average molecular weight is 266 g/mol. The maximum Gasteiger partial charge on any atom is 0 e. The third kappa shape index (κ3) is 40.5. The monoisotopic (exact) mass is 266 g/mol. The Kier molecular flexibility index (Phi) is 60.0. The molecular weight excluding hydrogens is 251 g/mol. The van der Waals surface area contributed by atoms with Crippen LogP contribution in [0, 0.1) is 45.4 Å². The maximum absolute atomic E-state index is 7.50. The summed E-state index contributed by atoms with van der Waals surface area (Å²) in [5.41, 5.74) is 0. The number of hydrogen-bond acceptors (Lipinski definition) is 1. The van der Waals surface area contributed by atoms with Crippen LogP contribution in [0.2, 0.25) is 0 Å². The Morgan fingerprint density at radius 1 is 0.800 bits per heavy atom. The molecular formula is C11H15MnO2S. The summed E-state index contributed by atoms with van der Waals surface area (Å²) in [4.78, 5) is 0. The Hall–Kier alpha value is 0.349. The van der Waals surface area contributed by atoms with Crippen LogP contribution in [0.4, 0.5) is 0 Å². The van der Waals surface area contributed by atoms with Crippen molar-refractivity contribution in [1.82, 2.24) is 0 Å². The molecule has 0 bridgehead atoms. The molecule has 0 aromatic rings. The first-order valence-electron chi connectivity index (χ1n) is 4.07. The van der Waals surface area contributed by atoms with Gasteiger partial charge in [-0.25, -0.2) is 0 Å². The van der Waals surface area contributed by atoms with Crippen LogP contribution in [-0.2, 0) is 26.4 Å². The predicted octanol–water partition coefficient (Wildman–Crippen LogP) is 2.70. The normalized spacial score (nSPS) is 11.1. The SMILES string of the molecule is CCSCC.[C-]#[O+].[C-]#[O+].[CH]1[CH][CH][CH][CH]1.[Mn]. The van der Waals surface area contributed by atoms with E-state index in [4.69, 9.17) is 9.30 Å². The van der Waals surface area contributed by atoms with Crippen LogP contribution in [0.15, 0.2) is 0 Å². The Morgan fingerprint density at radius 2 is 1.00 bits per heavy atom. The molecule has 4 heteroatoms. The fraction of sp³-hybridized carbons (Fsp3) is 0.364. The van der Waals surface area contributed by atoms with E-state index in [1.165, 1.54) is 11.5 Å². The van der Waals surface area contributed by atoms with Crippen LogP contribution < -0.4 is 0 Å². The molecule has 84 valence electrons. The van der Waals surface area contributed by atoms with Crippen molar-refractivity contribution in [1.29, 1.82) is 0 Å². The third-order valence-electron chi connectivity index (χ3n) is 0.964. The van der Waals surface area contributed by atoms with Gasteiger partial charge in [-0.1, -0.05) is 13.8 Å². The Morgan fingerprint density at radius 3 is 1.07 bits per heavy atom. The molecule has 1 fully saturated rings. The van der Waals surface area contributed by atoms with Crippen LogP contribution in [0.1, 0.15) is 13.8 Å². The van der Waals surface area contributed by atoms with Gasteiger partial charge in [0.2, 0.25) is 0 Å². The molecule has 0 aromatic heterocycles. The van der Waals surface area contributed by atoms with Crippen molar-refractivity contribution < 1.29 is 26.4 Å². The van der Waals surface area contributed by atoms with Gasteiger partial charge in [-0.3, -0.25) is 0 Å². The van der Waals surface area contributed by atoms with E-state index in [9.17, 15) is 0 Å². The quantitative estimate of drug-likeness (QED) is 0.430. The molecule has 0 spiro atoms. The fourth-order valence-corrected chi connectivity index (χ4v) is 0.933. The summed E-state index contributed by atoms with van der Waals surface area (Å²) in [5, 5.41) is 0. The summed E-state index contributed by atoms with van der Waals surface area (Å²) >= 11 is 1.96. The Balaban J connectivity index is -0.0000000580. The topological polar surface area (TPSA) is 39.8 Å². The standard InChI is InChI=1S/C5H5.C4H10S.2CO.Mn/c1-2-4-5-3-1;1-3-5-4-2;2*1-2;/h1-5H;3-4H2,1-2H3;;;. The number of rotatable bonds is 2. The van der Waals surface area contributed by atoms with Crippen LogP contribution in [0.5, 0.6) is 0 Å². The predicted molar refractivity (Wildman–Crippen MR) is 58.0 cm³/mol. The van der Waals surface area contributed by atoms with Gasteiger partial charge in [0.1, 0.15) is 0 Å². The van der Waals surface area contributed by atoms with Gasteiger partial charge in [-0.2, -0.15) is 11.8 Å². The number of hydrogen-bond donors (Lipinski definition) is 0. The molecule has 0 heterocycles. The van der Waals surface area contributed by atoms with Crippen LogP contribution in [0.3, 0.4) is 0 Å². The molecule has 1 saturated carbocycles. The van der Waals surface area contributed by atoms with E-state index in [0.717, 1.165) is 0 Å². The number of thioether (sulfide) groups is 1. The van der Waals surface area contributed by atoms with Gasteiger partial charge in [0, 0.05) is 17.1 Å². The van der Waals surface area contributed by atoms with Gasteiger partial charge < -0.3 is 0 Å². The van der Waals surface area contributed by atoms with Crippen molar-refractivity contribution in [3.63, 3.8) is 0 Å². The van der Waals surface area contributed by atoms with Gasteiger partial charge >= 0.3 is 22.6 Å². The van der Waals surface area contributed by atoms with E-state index in [1.807, 2.05) is 43.9 Å². The minimum absolute atomic E-state index is 0. The summed E-state index contributed by atoms with van der Waals surface area (Å²) in [6, 6.07) is 0. The van der Waals surface area contributed by atoms with Crippen molar-refractivity contribution >= 4 is 11.8 Å². The molecule has 0 unspecified atom stereocenters. The molecule has 15 heavy (non-hydrogen) atoms. The molecule has 1 aliphatic rings. The first kappa shape index (κ1) is 24.5.